The van der Waals surface area contributed by atoms with Crippen molar-refractivity contribution >= 4 is 29.1 Å². The van der Waals surface area contributed by atoms with Crippen molar-refractivity contribution in [1.29, 1.82) is 0 Å². The van der Waals surface area contributed by atoms with Gasteiger partial charge >= 0.3 is 5.97 Å². The van der Waals surface area contributed by atoms with Gasteiger partial charge in [-0.15, -0.1) is 0 Å². The van der Waals surface area contributed by atoms with Crippen LogP contribution in [0, 0.1) is 5.92 Å². The molecule has 0 radical (unpaired) electrons. The molecule has 0 amide bonds. The van der Waals surface area contributed by atoms with Crippen molar-refractivity contribution < 1.29 is 19.1 Å². The van der Waals surface area contributed by atoms with Crippen LogP contribution in [-0.2, 0) is 14.3 Å². The number of carbonyl (C=O) groups is 2. The summed E-state index contributed by atoms with van der Waals surface area (Å²) in [7, 11) is 1.62. The number of nitrogens with zero attached hydrogens (tertiary/aromatic N) is 1. The first-order valence-electron chi connectivity index (χ1n) is 12.9. The number of esters is 1. The van der Waals surface area contributed by atoms with Gasteiger partial charge in [0.2, 0.25) is 0 Å². The van der Waals surface area contributed by atoms with Gasteiger partial charge in [-0.3, -0.25) is 14.6 Å². The second kappa shape index (κ2) is 10.6. The van der Waals surface area contributed by atoms with E-state index in [1.807, 2.05) is 55.5 Å². The number of Topliss-reactive ketones (excluding diaryl/α,β-unsaturated/α-hetero) is 1. The van der Waals surface area contributed by atoms with E-state index in [1.165, 1.54) is 6.42 Å². The second-order valence-corrected chi connectivity index (χ2v) is 10.5. The largest absolute Gasteiger partial charge is 0.496 e. The van der Waals surface area contributed by atoms with Gasteiger partial charge in [0.25, 0.3) is 0 Å². The first-order valence-corrected chi connectivity index (χ1v) is 13.2. The molecule has 3 aliphatic rings. The number of para-hydroxylation sites is 1. The molecule has 1 fully saturated rings. The van der Waals surface area contributed by atoms with E-state index in [-0.39, 0.29) is 23.8 Å². The first kappa shape index (κ1) is 24.8. The molecule has 0 N–H and O–H groups in total. The van der Waals surface area contributed by atoms with E-state index >= 15 is 0 Å². The number of benzene rings is 2. The van der Waals surface area contributed by atoms with E-state index in [0.29, 0.717) is 34.9 Å². The number of aliphatic imine (C=N–C) groups is 1. The Morgan fingerprint density at radius 2 is 1.72 bits per heavy atom. The zero-order chi connectivity index (χ0) is 25.2. The summed E-state index contributed by atoms with van der Waals surface area (Å²) in [5, 5.41) is 0.669. The third kappa shape index (κ3) is 4.86. The van der Waals surface area contributed by atoms with Crippen LogP contribution in [0.2, 0.25) is 5.02 Å². The summed E-state index contributed by atoms with van der Waals surface area (Å²) in [4.78, 5) is 32.3. The standard InChI is InChI=1S/C30H32ClNO4/c1-18-27(30(34)36-22-8-4-3-5-9-22)28(23-10-6-7-11-26(23)35-2)29-24(32-18)16-20(17-25(29)33)19-12-14-21(31)15-13-19/h6-7,10-15,20,22,27-28H,3-5,8-9,16-17H2,1-2H3/t20-,27?,28-/m0/s1. The Bertz CT molecular complexity index is 1210. The number of carbonyl (C=O) groups excluding carboxylic acids is 2. The summed E-state index contributed by atoms with van der Waals surface area (Å²) in [5.74, 6) is -0.722. The first-order chi connectivity index (χ1) is 17.5. The van der Waals surface area contributed by atoms with Crippen LogP contribution < -0.4 is 4.74 Å². The quantitative estimate of drug-likeness (QED) is 0.419. The Kier molecular flexibility index (Phi) is 7.29. The predicted molar refractivity (Wildman–Crippen MR) is 141 cm³/mol. The minimum Gasteiger partial charge on any atom is -0.496 e. The van der Waals surface area contributed by atoms with Crippen LogP contribution >= 0.6 is 11.6 Å². The number of ether oxygens (including phenoxy) is 2. The maximum absolute atomic E-state index is 13.8. The van der Waals surface area contributed by atoms with E-state index in [4.69, 9.17) is 26.1 Å². The molecule has 3 atom stereocenters. The number of ketones is 1. The molecule has 1 unspecified atom stereocenters. The van der Waals surface area contributed by atoms with Gasteiger partial charge < -0.3 is 9.47 Å². The number of methoxy groups -OCH3 is 1. The van der Waals surface area contributed by atoms with Crippen LogP contribution in [0.25, 0.3) is 0 Å². The van der Waals surface area contributed by atoms with Gasteiger partial charge in [-0.1, -0.05) is 48.4 Å². The highest BCUT2D eigenvalue weighted by atomic mass is 35.5. The molecule has 0 spiro atoms. The monoisotopic (exact) mass is 505 g/mol. The zero-order valence-electron chi connectivity index (χ0n) is 20.8. The maximum atomic E-state index is 13.8. The molecule has 188 valence electrons. The van der Waals surface area contributed by atoms with E-state index in [9.17, 15) is 9.59 Å². The second-order valence-electron chi connectivity index (χ2n) is 10.1. The van der Waals surface area contributed by atoms with Gasteiger partial charge in [0, 0.05) is 39.9 Å². The summed E-state index contributed by atoms with van der Waals surface area (Å²) >= 11 is 6.09. The van der Waals surface area contributed by atoms with Crippen molar-refractivity contribution in [2.24, 2.45) is 10.9 Å². The van der Waals surface area contributed by atoms with Crippen LogP contribution in [0.3, 0.4) is 0 Å². The topological polar surface area (TPSA) is 65.0 Å². The zero-order valence-corrected chi connectivity index (χ0v) is 21.6. The van der Waals surface area contributed by atoms with E-state index in [0.717, 1.165) is 42.5 Å². The molecule has 1 saturated carbocycles. The lowest BCUT2D eigenvalue weighted by Gasteiger charge is -2.37. The number of halogens is 1. The van der Waals surface area contributed by atoms with Gasteiger partial charge in [0.1, 0.15) is 17.8 Å². The lowest BCUT2D eigenvalue weighted by atomic mass is 9.69. The molecule has 0 saturated heterocycles. The minimum atomic E-state index is -0.655. The summed E-state index contributed by atoms with van der Waals surface area (Å²) in [6.07, 6.45) is 6.05. The highest BCUT2D eigenvalue weighted by molar-refractivity contribution is 6.30. The third-order valence-electron chi connectivity index (χ3n) is 7.79. The molecule has 5 nitrogen and oxygen atoms in total. The average molecular weight is 506 g/mol. The highest BCUT2D eigenvalue weighted by Gasteiger charge is 2.46. The Hall–Kier alpha value is -2.92. The number of hydrogen-bond acceptors (Lipinski definition) is 5. The van der Waals surface area contributed by atoms with Crippen molar-refractivity contribution in [3.63, 3.8) is 0 Å². The SMILES string of the molecule is COc1ccccc1[C@@H]1C2=C(C[C@H](c3ccc(Cl)cc3)CC2=O)N=C(C)C1C(=O)OC1CCCCC1. The van der Waals surface area contributed by atoms with Gasteiger partial charge in [0.15, 0.2) is 5.78 Å². The van der Waals surface area contributed by atoms with Crippen molar-refractivity contribution in [1.82, 2.24) is 0 Å². The van der Waals surface area contributed by atoms with E-state index in [1.54, 1.807) is 7.11 Å². The summed E-state index contributed by atoms with van der Waals surface area (Å²) in [5.41, 5.74) is 3.97. The van der Waals surface area contributed by atoms with E-state index in [2.05, 4.69) is 0 Å². The van der Waals surface area contributed by atoms with Crippen LogP contribution in [0.15, 0.2) is 64.8 Å². The average Bonchev–Trinajstić information content (AvgIpc) is 2.88. The lowest BCUT2D eigenvalue weighted by Crippen LogP contribution is -2.39. The molecule has 1 heterocycles. The lowest BCUT2D eigenvalue weighted by molar-refractivity contribution is -0.153. The van der Waals surface area contributed by atoms with Crippen molar-refractivity contribution in [3.05, 3.63) is 76.0 Å². The van der Waals surface area contributed by atoms with Gasteiger partial charge in [-0.25, -0.2) is 0 Å². The van der Waals surface area contributed by atoms with Crippen LogP contribution in [0.5, 0.6) is 5.75 Å². The molecule has 6 heteroatoms. The fourth-order valence-corrected chi connectivity index (χ4v) is 6.14. The van der Waals surface area contributed by atoms with Gasteiger partial charge in [-0.05, 0) is 68.7 Å². The molecule has 2 aliphatic carbocycles. The number of allylic oxidation sites excluding steroid dienone is 2. The minimum absolute atomic E-state index is 0.0223. The Morgan fingerprint density at radius 3 is 2.44 bits per heavy atom. The smallest absolute Gasteiger partial charge is 0.315 e. The fraction of sp³-hybridized carbons (Fsp3) is 0.433. The van der Waals surface area contributed by atoms with Gasteiger partial charge in [-0.2, -0.15) is 0 Å². The van der Waals surface area contributed by atoms with Gasteiger partial charge in [0.05, 0.1) is 7.11 Å². The Labute approximate surface area is 217 Å². The number of rotatable bonds is 5. The molecule has 0 aromatic heterocycles. The molecule has 36 heavy (non-hydrogen) atoms. The van der Waals surface area contributed by atoms with Crippen molar-refractivity contribution in [3.8, 4) is 5.75 Å². The predicted octanol–water partition coefficient (Wildman–Crippen LogP) is 6.80. The van der Waals surface area contributed by atoms with Crippen molar-refractivity contribution in [2.45, 2.75) is 69.8 Å². The Balaban J connectivity index is 1.55. The highest BCUT2D eigenvalue weighted by Crippen LogP contribution is 2.48. The van der Waals surface area contributed by atoms with E-state index < -0.39 is 11.8 Å². The summed E-state index contributed by atoms with van der Waals surface area (Å²) in [6.45, 7) is 1.88. The summed E-state index contributed by atoms with van der Waals surface area (Å²) < 4.78 is 11.7. The molecule has 2 aromatic carbocycles. The molecule has 5 rings (SSSR count). The molecular weight excluding hydrogens is 474 g/mol. The molecule has 0 bridgehead atoms. The molecular formula is C30H32ClNO4. The van der Waals surface area contributed by atoms with Crippen molar-refractivity contribution in [2.75, 3.05) is 7.11 Å². The normalized spacial score (nSPS) is 24.7. The molecule has 2 aromatic rings. The van der Waals surface area contributed by atoms with Crippen LogP contribution in [-0.4, -0.2) is 30.7 Å². The van der Waals surface area contributed by atoms with Crippen LogP contribution in [0.1, 0.15) is 74.8 Å². The Morgan fingerprint density at radius 1 is 1.00 bits per heavy atom. The fourth-order valence-electron chi connectivity index (χ4n) is 6.02. The van der Waals surface area contributed by atoms with Crippen LogP contribution in [0.4, 0.5) is 0 Å². The third-order valence-corrected chi connectivity index (χ3v) is 8.04. The maximum Gasteiger partial charge on any atom is 0.315 e. The molecule has 1 aliphatic heterocycles. The summed E-state index contributed by atoms with van der Waals surface area (Å²) in [6, 6.07) is 15.3. The number of hydrogen-bond donors (Lipinski definition) is 0.